The van der Waals surface area contributed by atoms with Gasteiger partial charge in [0.25, 0.3) is 0 Å². The highest BCUT2D eigenvalue weighted by Gasteiger charge is 2.08. The van der Waals surface area contributed by atoms with Crippen molar-refractivity contribution in [2.45, 2.75) is 13.5 Å². The summed E-state index contributed by atoms with van der Waals surface area (Å²) in [6.07, 6.45) is 0. The zero-order valence-corrected chi connectivity index (χ0v) is 9.18. The lowest BCUT2D eigenvalue weighted by Crippen LogP contribution is -2.08. The lowest BCUT2D eigenvalue weighted by atomic mass is 10.1. The molecule has 0 aliphatic rings. The topological polar surface area (TPSA) is 41.5 Å². The van der Waals surface area contributed by atoms with Gasteiger partial charge in [-0.2, -0.15) is 0 Å². The fraction of sp³-hybridized carbons (Fsp3) is 0.333. The number of hydrogen-bond donors (Lipinski definition) is 2. The summed E-state index contributed by atoms with van der Waals surface area (Å²) in [7, 11) is 1.61. The molecule has 0 bridgehead atoms. The van der Waals surface area contributed by atoms with E-state index in [9.17, 15) is 0 Å². The fourth-order valence-corrected chi connectivity index (χ4v) is 1.69. The lowest BCUT2D eigenvalue weighted by Gasteiger charge is -2.11. The number of halogens is 1. The van der Waals surface area contributed by atoms with Crippen molar-refractivity contribution in [3.05, 3.63) is 27.7 Å². The molecule has 0 saturated carbocycles. The molecule has 3 nitrogen and oxygen atoms in total. The molecule has 0 fully saturated rings. The number of methoxy groups -OCH3 is 1. The predicted octanol–water partition coefficient (Wildman–Crippen LogP) is 2.24. The van der Waals surface area contributed by atoms with E-state index in [0.717, 1.165) is 21.3 Å². The molecule has 0 amide bonds. The second-order valence-corrected chi connectivity index (χ2v) is 3.52. The van der Waals surface area contributed by atoms with Crippen LogP contribution in [-0.2, 0) is 6.54 Å². The minimum atomic E-state index is 0.377. The summed E-state index contributed by atoms with van der Waals surface area (Å²) in [5, 5.41) is 8.58. The van der Waals surface area contributed by atoms with Gasteiger partial charge in [0, 0.05) is 12.1 Å². The molecule has 1 aromatic rings. The first-order valence-electron chi connectivity index (χ1n) is 3.89. The van der Waals surface area contributed by atoms with Gasteiger partial charge in [0.05, 0.1) is 11.6 Å². The van der Waals surface area contributed by atoms with E-state index in [-0.39, 0.29) is 0 Å². The number of benzene rings is 1. The van der Waals surface area contributed by atoms with Crippen molar-refractivity contribution in [3.8, 4) is 5.75 Å². The Hall–Kier alpha value is -0.580. The number of aryl methyl sites for hydroxylation is 1. The number of hydrogen-bond acceptors (Lipinski definition) is 3. The van der Waals surface area contributed by atoms with E-state index in [1.54, 1.807) is 7.11 Å². The van der Waals surface area contributed by atoms with Crippen LogP contribution in [0.25, 0.3) is 0 Å². The molecule has 1 aromatic carbocycles. The second-order valence-electron chi connectivity index (χ2n) is 2.72. The zero-order chi connectivity index (χ0) is 9.84. The highest BCUT2D eigenvalue weighted by Crippen LogP contribution is 2.31. The molecule has 0 aliphatic heterocycles. The minimum absolute atomic E-state index is 0.377. The Morgan fingerprint density at radius 3 is 2.77 bits per heavy atom. The van der Waals surface area contributed by atoms with E-state index < -0.39 is 0 Å². The van der Waals surface area contributed by atoms with Crippen LogP contribution in [0.4, 0.5) is 0 Å². The molecule has 13 heavy (non-hydrogen) atoms. The molecule has 4 heteroatoms. The second kappa shape index (κ2) is 4.60. The Kier molecular flexibility index (Phi) is 3.71. The van der Waals surface area contributed by atoms with Crippen LogP contribution in [0.15, 0.2) is 16.6 Å². The third kappa shape index (κ3) is 2.21. The molecular weight excluding hydrogens is 234 g/mol. The minimum Gasteiger partial charge on any atom is -0.495 e. The highest BCUT2D eigenvalue weighted by molar-refractivity contribution is 9.10. The van der Waals surface area contributed by atoms with Crippen LogP contribution in [0.1, 0.15) is 11.1 Å². The number of rotatable bonds is 3. The van der Waals surface area contributed by atoms with Gasteiger partial charge in [-0.15, -0.1) is 0 Å². The molecule has 72 valence electrons. The third-order valence-corrected chi connectivity index (χ3v) is 2.83. The first kappa shape index (κ1) is 10.5. The van der Waals surface area contributed by atoms with E-state index in [4.69, 9.17) is 9.94 Å². The van der Waals surface area contributed by atoms with Gasteiger partial charge >= 0.3 is 0 Å². The van der Waals surface area contributed by atoms with E-state index in [1.165, 1.54) is 0 Å². The van der Waals surface area contributed by atoms with Crippen LogP contribution in [0.5, 0.6) is 5.75 Å². The quantitative estimate of drug-likeness (QED) is 0.803. The maximum Gasteiger partial charge on any atom is 0.137 e. The Balaban J connectivity index is 3.13. The van der Waals surface area contributed by atoms with Crippen LogP contribution >= 0.6 is 15.9 Å². The zero-order valence-electron chi connectivity index (χ0n) is 7.60. The van der Waals surface area contributed by atoms with Gasteiger partial charge in [-0.05, 0) is 28.4 Å². The van der Waals surface area contributed by atoms with Crippen LogP contribution < -0.4 is 10.2 Å². The summed E-state index contributed by atoms with van der Waals surface area (Å²) in [5.74, 6) is 0.765. The van der Waals surface area contributed by atoms with Crippen molar-refractivity contribution in [1.82, 2.24) is 5.48 Å². The van der Waals surface area contributed by atoms with Gasteiger partial charge in [-0.3, -0.25) is 0 Å². The average Bonchev–Trinajstić information content (AvgIpc) is 2.12. The summed E-state index contributed by atoms with van der Waals surface area (Å²) in [6, 6.07) is 3.89. The van der Waals surface area contributed by atoms with Gasteiger partial charge in [-0.25, -0.2) is 5.48 Å². The molecular formula is C9H12BrNO2. The van der Waals surface area contributed by atoms with Crippen LogP contribution in [0, 0.1) is 6.92 Å². The van der Waals surface area contributed by atoms with Gasteiger partial charge in [0.15, 0.2) is 0 Å². The van der Waals surface area contributed by atoms with Crippen molar-refractivity contribution in [1.29, 1.82) is 0 Å². The fourth-order valence-electron chi connectivity index (χ4n) is 1.14. The summed E-state index contributed by atoms with van der Waals surface area (Å²) in [5.41, 5.74) is 4.13. The van der Waals surface area contributed by atoms with E-state index >= 15 is 0 Å². The molecule has 1 rings (SSSR count). The number of nitrogens with one attached hydrogen (secondary N) is 1. The molecule has 0 saturated heterocycles. The Bertz CT molecular complexity index is 302. The number of hydroxylamine groups is 1. The average molecular weight is 246 g/mol. The van der Waals surface area contributed by atoms with Crippen molar-refractivity contribution in [3.63, 3.8) is 0 Å². The molecule has 0 spiro atoms. The van der Waals surface area contributed by atoms with E-state index in [1.807, 2.05) is 19.1 Å². The van der Waals surface area contributed by atoms with Crippen LogP contribution in [-0.4, -0.2) is 12.3 Å². The van der Waals surface area contributed by atoms with Crippen molar-refractivity contribution in [2.24, 2.45) is 0 Å². The van der Waals surface area contributed by atoms with E-state index in [0.29, 0.717) is 6.54 Å². The SMILES string of the molecule is COc1c(CNO)ccc(C)c1Br. The molecule has 0 heterocycles. The normalized spacial score (nSPS) is 10.2. The van der Waals surface area contributed by atoms with Crippen molar-refractivity contribution in [2.75, 3.05) is 7.11 Å². The molecule has 0 radical (unpaired) electrons. The summed E-state index contributed by atoms with van der Waals surface area (Å²) >= 11 is 3.43. The largest absolute Gasteiger partial charge is 0.495 e. The summed E-state index contributed by atoms with van der Waals surface area (Å²) in [4.78, 5) is 0. The van der Waals surface area contributed by atoms with Gasteiger partial charge in [0.1, 0.15) is 5.75 Å². The lowest BCUT2D eigenvalue weighted by molar-refractivity contribution is 0.160. The summed E-state index contributed by atoms with van der Waals surface area (Å²) in [6.45, 7) is 2.37. The van der Waals surface area contributed by atoms with Crippen LogP contribution in [0.3, 0.4) is 0 Å². The molecule has 0 aromatic heterocycles. The maximum atomic E-state index is 8.58. The van der Waals surface area contributed by atoms with Gasteiger partial charge < -0.3 is 9.94 Å². The number of ether oxygens (including phenoxy) is 1. The Labute approximate surface area is 85.8 Å². The summed E-state index contributed by atoms with van der Waals surface area (Å²) < 4.78 is 6.14. The highest BCUT2D eigenvalue weighted by atomic mass is 79.9. The third-order valence-electron chi connectivity index (χ3n) is 1.85. The first-order chi connectivity index (χ1) is 6.20. The first-order valence-corrected chi connectivity index (χ1v) is 4.69. The Morgan fingerprint density at radius 2 is 2.23 bits per heavy atom. The smallest absolute Gasteiger partial charge is 0.137 e. The predicted molar refractivity (Wildman–Crippen MR) is 54.1 cm³/mol. The van der Waals surface area contributed by atoms with Crippen molar-refractivity contribution >= 4 is 15.9 Å². The van der Waals surface area contributed by atoms with Crippen LogP contribution in [0.2, 0.25) is 0 Å². The monoisotopic (exact) mass is 245 g/mol. The Morgan fingerprint density at radius 1 is 1.54 bits per heavy atom. The van der Waals surface area contributed by atoms with Gasteiger partial charge in [0.2, 0.25) is 0 Å². The standard InChI is InChI=1S/C9H12BrNO2/c1-6-3-4-7(5-11-12)9(13-2)8(6)10/h3-4,11-12H,5H2,1-2H3. The van der Waals surface area contributed by atoms with E-state index in [2.05, 4.69) is 21.4 Å². The van der Waals surface area contributed by atoms with Gasteiger partial charge in [-0.1, -0.05) is 12.1 Å². The molecule has 0 aliphatic carbocycles. The molecule has 0 atom stereocenters. The molecule has 2 N–H and O–H groups in total. The van der Waals surface area contributed by atoms with Crippen molar-refractivity contribution < 1.29 is 9.94 Å². The molecule has 0 unspecified atom stereocenters. The maximum absolute atomic E-state index is 8.58.